The lowest BCUT2D eigenvalue weighted by Gasteiger charge is -2.29. The van der Waals surface area contributed by atoms with Crippen LogP contribution in [0.5, 0.6) is 0 Å². The summed E-state index contributed by atoms with van der Waals surface area (Å²) in [5, 5.41) is 8.61. The Hall–Kier alpha value is -1.27. The van der Waals surface area contributed by atoms with Crippen LogP contribution in [0.3, 0.4) is 0 Å². The molecule has 0 unspecified atom stereocenters. The summed E-state index contributed by atoms with van der Waals surface area (Å²) in [6.07, 6.45) is -5.25. The highest BCUT2D eigenvalue weighted by atomic mass is 19.4. The molecule has 0 aliphatic rings. The van der Waals surface area contributed by atoms with E-state index < -0.39 is 30.5 Å². The lowest BCUT2D eigenvalue weighted by molar-refractivity contribution is -0.186. The molecule has 7 heteroatoms. The maximum atomic E-state index is 12.2. The Morgan fingerprint density at radius 3 is 2.06 bits per heavy atom. The van der Waals surface area contributed by atoms with Crippen LogP contribution in [-0.2, 0) is 9.59 Å². The zero-order valence-corrected chi connectivity index (χ0v) is 9.91. The summed E-state index contributed by atoms with van der Waals surface area (Å²) in [5.74, 6) is -3.23. The van der Waals surface area contributed by atoms with Crippen LogP contribution in [0.15, 0.2) is 0 Å². The SMILES string of the molecule is CC(C)C[C@H](CC(=O)O)N(C)C(=O)C(F)(F)F. The predicted octanol–water partition coefficient (Wildman–Crippen LogP) is 1.90. The number of nitrogens with zero attached hydrogens (tertiary/aromatic N) is 1. The first-order chi connectivity index (χ1) is 7.55. The van der Waals surface area contributed by atoms with Crippen molar-refractivity contribution in [3.63, 3.8) is 0 Å². The van der Waals surface area contributed by atoms with E-state index in [1.165, 1.54) is 0 Å². The Balaban J connectivity index is 4.79. The first-order valence-electron chi connectivity index (χ1n) is 5.11. The molecule has 0 saturated heterocycles. The van der Waals surface area contributed by atoms with Crippen molar-refractivity contribution in [1.29, 1.82) is 0 Å². The monoisotopic (exact) mass is 255 g/mol. The molecule has 0 aromatic rings. The van der Waals surface area contributed by atoms with E-state index in [2.05, 4.69) is 0 Å². The summed E-state index contributed by atoms with van der Waals surface area (Å²) in [5.41, 5.74) is 0. The van der Waals surface area contributed by atoms with Crippen molar-refractivity contribution in [3.05, 3.63) is 0 Å². The second-order valence-corrected chi connectivity index (χ2v) is 4.30. The number of hydrogen-bond acceptors (Lipinski definition) is 2. The Kier molecular flexibility index (Phi) is 5.44. The summed E-state index contributed by atoms with van der Waals surface area (Å²) in [7, 11) is 0.978. The van der Waals surface area contributed by atoms with Gasteiger partial charge in [-0.05, 0) is 12.3 Å². The van der Waals surface area contributed by atoms with Crippen molar-refractivity contribution < 1.29 is 27.9 Å². The lowest BCUT2D eigenvalue weighted by atomic mass is 10.00. The molecule has 0 rings (SSSR count). The van der Waals surface area contributed by atoms with Crippen LogP contribution in [-0.4, -0.2) is 41.1 Å². The molecule has 0 aliphatic heterocycles. The molecule has 4 nitrogen and oxygen atoms in total. The van der Waals surface area contributed by atoms with E-state index in [1.807, 2.05) is 0 Å². The Bertz CT molecular complexity index is 289. The van der Waals surface area contributed by atoms with Crippen molar-refractivity contribution in [2.45, 2.75) is 38.9 Å². The molecule has 0 bridgehead atoms. The molecule has 1 N–H and O–H groups in total. The average molecular weight is 255 g/mol. The van der Waals surface area contributed by atoms with Gasteiger partial charge >= 0.3 is 18.1 Å². The Morgan fingerprint density at radius 2 is 1.76 bits per heavy atom. The third-order valence-corrected chi connectivity index (χ3v) is 2.26. The number of halogens is 3. The minimum Gasteiger partial charge on any atom is -0.481 e. The molecule has 0 radical (unpaired) electrons. The first-order valence-corrected chi connectivity index (χ1v) is 5.11. The van der Waals surface area contributed by atoms with E-state index in [-0.39, 0.29) is 12.3 Å². The van der Waals surface area contributed by atoms with Crippen LogP contribution in [0, 0.1) is 5.92 Å². The molecular formula is C10H16F3NO3. The third kappa shape index (κ3) is 5.55. The lowest BCUT2D eigenvalue weighted by Crippen LogP contribution is -2.45. The molecule has 0 aromatic carbocycles. The maximum Gasteiger partial charge on any atom is 0.471 e. The molecule has 0 aromatic heterocycles. The summed E-state index contributed by atoms with van der Waals surface area (Å²) in [6.45, 7) is 3.50. The van der Waals surface area contributed by atoms with E-state index in [0.717, 1.165) is 7.05 Å². The van der Waals surface area contributed by atoms with E-state index in [0.29, 0.717) is 4.90 Å². The molecule has 1 atom stereocenters. The van der Waals surface area contributed by atoms with Gasteiger partial charge in [0.1, 0.15) is 0 Å². The quantitative estimate of drug-likeness (QED) is 0.816. The first kappa shape index (κ1) is 15.7. The number of carbonyl (C=O) groups excluding carboxylic acids is 1. The summed E-state index contributed by atoms with van der Waals surface area (Å²) in [4.78, 5) is 22.0. The van der Waals surface area contributed by atoms with Gasteiger partial charge in [-0.3, -0.25) is 9.59 Å². The largest absolute Gasteiger partial charge is 0.481 e. The van der Waals surface area contributed by atoms with Gasteiger partial charge in [-0.2, -0.15) is 13.2 Å². The molecule has 0 aliphatic carbocycles. The van der Waals surface area contributed by atoms with Gasteiger partial charge in [0.2, 0.25) is 0 Å². The Labute approximate surface area is 97.4 Å². The highest BCUT2D eigenvalue weighted by Crippen LogP contribution is 2.22. The number of aliphatic carboxylic acids is 1. The number of alkyl halides is 3. The van der Waals surface area contributed by atoms with Crippen LogP contribution in [0.1, 0.15) is 26.7 Å². The van der Waals surface area contributed by atoms with Gasteiger partial charge in [-0.15, -0.1) is 0 Å². The number of amides is 1. The van der Waals surface area contributed by atoms with E-state index in [1.54, 1.807) is 13.8 Å². The maximum absolute atomic E-state index is 12.2. The zero-order chi connectivity index (χ0) is 13.8. The zero-order valence-electron chi connectivity index (χ0n) is 9.91. The van der Waals surface area contributed by atoms with Gasteiger partial charge < -0.3 is 10.0 Å². The molecule has 0 fully saturated rings. The number of rotatable bonds is 5. The number of carboxylic acid groups (broad SMARTS) is 1. The van der Waals surface area contributed by atoms with E-state index in [4.69, 9.17) is 5.11 Å². The second-order valence-electron chi connectivity index (χ2n) is 4.30. The third-order valence-electron chi connectivity index (χ3n) is 2.26. The fourth-order valence-corrected chi connectivity index (χ4v) is 1.49. The molecule has 0 spiro atoms. The van der Waals surface area contributed by atoms with Crippen LogP contribution in [0.2, 0.25) is 0 Å². The number of carbonyl (C=O) groups is 2. The fourth-order valence-electron chi connectivity index (χ4n) is 1.49. The summed E-state index contributed by atoms with van der Waals surface area (Å²) < 4.78 is 36.6. The van der Waals surface area contributed by atoms with Gasteiger partial charge in [-0.1, -0.05) is 13.8 Å². The minimum absolute atomic E-state index is 0.00262. The normalized spacial score (nSPS) is 13.6. The second kappa shape index (κ2) is 5.88. The van der Waals surface area contributed by atoms with Crippen LogP contribution < -0.4 is 0 Å². The molecule has 17 heavy (non-hydrogen) atoms. The van der Waals surface area contributed by atoms with Crippen LogP contribution in [0.25, 0.3) is 0 Å². The molecule has 0 saturated carbocycles. The van der Waals surface area contributed by atoms with Gasteiger partial charge in [-0.25, -0.2) is 0 Å². The summed E-state index contributed by atoms with van der Waals surface area (Å²) >= 11 is 0. The number of carboxylic acids is 1. The fraction of sp³-hybridized carbons (Fsp3) is 0.800. The topological polar surface area (TPSA) is 57.6 Å². The van der Waals surface area contributed by atoms with Crippen LogP contribution >= 0.6 is 0 Å². The molecule has 100 valence electrons. The van der Waals surface area contributed by atoms with Crippen LogP contribution in [0.4, 0.5) is 13.2 Å². The van der Waals surface area contributed by atoms with Crippen molar-refractivity contribution in [2.75, 3.05) is 7.05 Å². The van der Waals surface area contributed by atoms with Crippen molar-refractivity contribution in [3.8, 4) is 0 Å². The van der Waals surface area contributed by atoms with Gasteiger partial charge in [0.05, 0.1) is 6.42 Å². The number of hydrogen-bond donors (Lipinski definition) is 1. The average Bonchev–Trinajstić information content (AvgIpc) is 2.11. The summed E-state index contributed by atoms with van der Waals surface area (Å²) in [6, 6.07) is -0.943. The Morgan fingerprint density at radius 1 is 1.29 bits per heavy atom. The van der Waals surface area contributed by atoms with Gasteiger partial charge in [0.15, 0.2) is 0 Å². The highest BCUT2D eigenvalue weighted by Gasteiger charge is 2.43. The van der Waals surface area contributed by atoms with Crippen molar-refractivity contribution in [1.82, 2.24) is 4.90 Å². The van der Waals surface area contributed by atoms with Gasteiger partial charge in [0, 0.05) is 13.1 Å². The molecule has 0 heterocycles. The minimum atomic E-state index is -4.97. The molecular weight excluding hydrogens is 239 g/mol. The highest BCUT2D eigenvalue weighted by molar-refractivity contribution is 5.82. The smallest absolute Gasteiger partial charge is 0.471 e. The van der Waals surface area contributed by atoms with Crippen molar-refractivity contribution in [2.24, 2.45) is 5.92 Å². The van der Waals surface area contributed by atoms with Crippen molar-refractivity contribution >= 4 is 11.9 Å². The standard InChI is InChI=1S/C10H16F3NO3/c1-6(2)4-7(5-8(15)16)14(3)9(17)10(11,12)13/h6-7H,4-5H2,1-3H3,(H,15,16)/t7-/m1/s1. The van der Waals surface area contributed by atoms with Gasteiger partial charge in [0.25, 0.3) is 0 Å². The predicted molar refractivity (Wildman–Crippen MR) is 54.3 cm³/mol. The molecule has 1 amide bonds. The van der Waals surface area contributed by atoms with E-state index >= 15 is 0 Å². The van der Waals surface area contributed by atoms with E-state index in [9.17, 15) is 22.8 Å².